The summed E-state index contributed by atoms with van der Waals surface area (Å²) in [5.41, 5.74) is 4.97. The standard InChI is InChI=1S/C13H23N3O2S/c1-9(2)8-16-10(17)4-7-15-12(18)13(11(14)19)5-3-6-13/h9H,3-8H2,1-2H3,(H2,14,19)(H,15,18)(H,16,17). The highest BCUT2D eigenvalue weighted by Crippen LogP contribution is 2.41. The van der Waals surface area contributed by atoms with Crippen LogP contribution in [0, 0.1) is 11.3 Å². The van der Waals surface area contributed by atoms with Gasteiger partial charge in [0.05, 0.1) is 10.4 Å². The molecular formula is C13H23N3O2S. The number of amides is 2. The lowest BCUT2D eigenvalue weighted by Gasteiger charge is -2.39. The van der Waals surface area contributed by atoms with Crippen molar-refractivity contribution >= 4 is 29.0 Å². The van der Waals surface area contributed by atoms with E-state index >= 15 is 0 Å². The van der Waals surface area contributed by atoms with Gasteiger partial charge in [0, 0.05) is 19.5 Å². The molecule has 1 aliphatic rings. The van der Waals surface area contributed by atoms with Gasteiger partial charge in [-0.1, -0.05) is 32.5 Å². The van der Waals surface area contributed by atoms with E-state index in [0.29, 0.717) is 31.8 Å². The lowest BCUT2D eigenvalue weighted by molar-refractivity contribution is -0.130. The largest absolute Gasteiger partial charge is 0.392 e. The van der Waals surface area contributed by atoms with E-state index in [1.54, 1.807) is 0 Å². The Kier molecular flexibility index (Phi) is 5.72. The van der Waals surface area contributed by atoms with Gasteiger partial charge in [-0.25, -0.2) is 0 Å². The molecule has 2 amide bonds. The van der Waals surface area contributed by atoms with Crippen molar-refractivity contribution in [1.82, 2.24) is 10.6 Å². The first-order valence-corrected chi connectivity index (χ1v) is 7.14. The molecule has 0 aromatic carbocycles. The van der Waals surface area contributed by atoms with E-state index in [4.69, 9.17) is 18.0 Å². The lowest BCUT2D eigenvalue weighted by atomic mass is 9.68. The zero-order valence-corrected chi connectivity index (χ0v) is 12.4. The number of nitrogens with one attached hydrogen (secondary N) is 2. The van der Waals surface area contributed by atoms with Crippen molar-refractivity contribution in [3.05, 3.63) is 0 Å². The van der Waals surface area contributed by atoms with Gasteiger partial charge in [0.15, 0.2) is 0 Å². The molecule has 0 saturated heterocycles. The maximum absolute atomic E-state index is 12.0. The number of carbonyl (C=O) groups excluding carboxylic acids is 2. The average Bonchev–Trinajstić information content (AvgIpc) is 2.24. The van der Waals surface area contributed by atoms with Crippen LogP contribution in [-0.4, -0.2) is 29.9 Å². The molecule has 0 spiro atoms. The van der Waals surface area contributed by atoms with Crippen LogP contribution in [0.25, 0.3) is 0 Å². The SMILES string of the molecule is CC(C)CNC(=O)CCNC(=O)C1(C(N)=S)CCC1. The van der Waals surface area contributed by atoms with Crippen LogP contribution in [0.2, 0.25) is 0 Å². The minimum Gasteiger partial charge on any atom is -0.392 e. The van der Waals surface area contributed by atoms with Crippen LogP contribution in [0.1, 0.15) is 39.5 Å². The molecule has 0 bridgehead atoms. The molecule has 1 aliphatic carbocycles. The summed E-state index contributed by atoms with van der Waals surface area (Å²) in [6, 6.07) is 0. The zero-order chi connectivity index (χ0) is 14.5. The molecular weight excluding hydrogens is 262 g/mol. The van der Waals surface area contributed by atoms with Crippen molar-refractivity contribution < 1.29 is 9.59 Å². The third-order valence-corrected chi connectivity index (χ3v) is 3.85. The highest BCUT2D eigenvalue weighted by Gasteiger charge is 2.46. The van der Waals surface area contributed by atoms with Gasteiger partial charge < -0.3 is 16.4 Å². The number of rotatable bonds is 7. The number of hydrogen-bond donors (Lipinski definition) is 3. The smallest absolute Gasteiger partial charge is 0.233 e. The van der Waals surface area contributed by atoms with E-state index < -0.39 is 5.41 Å². The Hall–Kier alpha value is -1.17. The molecule has 0 unspecified atom stereocenters. The monoisotopic (exact) mass is 285 g/mol. The van der Waals surface area contributed by atoms with Crippen LogP contribution in [0.4, 0.5) is 0 Å². The Morgan fingerprint density at radius 2 is 1.95 bits per heavy atom. The maximum atomic E-state index is 12.0. The summed E-state index contributed by atoms with van der Waals surface area (Å²) in [5.74, 6) is 0.237. The normalized spacial score (nSPS) is 16.6. The number of hydrogen-bond acceptors (Lipinski definition) is 3. The third kappa shape index (κ3) is 4.16. The van der Waals surface area contributed by atoms with Crippen molar-refractivity contribution in [1.29, 1.82) is 0 Å². The second-order valence-electron chi connectivity index (χ2n) is 5.50. The summed E-state index contributed by atoms with van der Waals surface area (Å²) in [5, 5.41) is 5.56. The summed E-state index contributed by atoms with van der Waals surface area (Å²) in [6.45, 7) is 5.05. The lowest BCUT2D eigenvalue weighted by Crippen LogP contribution is -2.53. The summed E-state index contributed by atoms with van der Waals surface area (Å²) in [4.78, 5) is 23.8. The van der Waals surface area contributed by atoms with Crippen molar-refractivity contribution in [2.24, 2.45) is 17.1 Å². The predicted molar refractivity (Wildman–Crippen MR) is 78.5 cm³/mol. The van der Waals surface area contributed by atoms with Crippen LogP contribution in [0.15, 0.2) is 0 Å². The van der Waals surface area contributed by atoms with Crippen molar-refractivity contribution in [3.63, 3.8) is 0 Å². The van der Waals surface area contributed by atoms with E-state index in [1.165, 1.54) is 0 Å². The first kappa shape index (κ1) is 15.9. The van der Waals surface area contributed by atoms with Gasteiger partial charge in [-0.05, 0) is 18.8 Å². The number of nitrogens with two attached hydrogens (primary N) is 1. The summed E-state index contributed by atoms with van der Waals surface area (Å²) >= 11 is 4.97. The third-order valence-electron chi connectivity index (χ3n) is 3.46. The fraction of sp³-hybridized carbons (Fsp3) is 0.769. The number of thiocarbonyl (C=S) groups is 1. The van der Waals surface area contributed by atoms with Gasteiger partial charge in [-0.2, -0.15) is 0 Å². The molecule has 108 valence electrons. The average molecular weight is 285 g/mol. The van der Waals surface area contributed by atoms with E-state index in [0.717, 1.165) is 6.42 Å². The summed E-state index contributed by atoms with van der Waals surface area (Å²) in [7, 11) is 0. The summed E-state index contributed by atoms with van der Waals surface area (Å²) in [6.07, 6.45) is 2.69. The first-order chi connectivity index (χ1) is 8.88. The fourth-order valence-electron chi connectivity index (χ4n) is 1.98. The van der Waals surface area contributed by atoms with E-state index in [9.17, 15) is 9.59 Å². The topological polar surface area (TPSA) is 84.2 Å². The second-order valence-corrected chi connectivity index (χ2v) is 5.94. The first-order valence-electron chi connectivity index (χ1n) is 6.73. The molecule has 1 rings (SSSR count). The summed E-state index contributed by atoms with van der Waals surface area (Å²) < 4.78 is 0. The maximum Gasteiger partial charge on any atom is 0.233 e. The zero-order valence-electron chi connectivity index (χ0n) is 11.6. The molecule has 0 atom stereocenters. The Morgan fingerprint density at radius 3 is 2.37 bits per heavy atom. The van der Waals surface area contributed by atoms with Gasteiger partial charge in [0.2, 0.25) is 11.8 Å². The minimum atomic E-state index is -0.663. The molecule has 0 aromatic rings. The Bertz CT molecular complexity index is 365. The van der Waals surface area contributed by atoms with Crippen LogP contribution >= 0.6 is 12.2 Å². The Morgan fingerprint density at radius 1 is 1.32 bits per heavy atom. The van der Waals surface area contributed by atoms with Crippen molar-refractivity contribution in [2.75, 3.05) is 13.1 Å². The second kappa shape index (κ2) is 6.84. The van der Waals surface area contributed by atoms with Gasteiger partial charge in [0.25, 0.3) is 0 Å². The van der Waals surface area contributed by atoms with Crippen LogP contribution < -0.4 is 16.4 Å². The quantitative estimate of drug-likeness (QED) is 0.602. The van der Waals surface area contributed by atoms with Gasteiger partial charge in [0.1, 0.15) is 0 Å². The molecule has 6 heteroatoms. The van der Waals surface area contributed by atoms with Gasteiger partial charge in [-0.15, -0.1) is 0 Å². The predicted octanol–water partition coefficient (Wildman–Crippen LogP) is 0.721. The molecule has 4 N–H and O–H groups in total. The highest BCUT2D eigenvalue weighted by molar-refractivity contribution is 7.80. The van der Waals surface area contributed by atoms with E-state index in [2.05, 4.69) is 10.6 Å². The minimum absolute atomic E-state index is 0.0491. The van der Waals surface area contributed by atoms with E-state index in [-0.39, 0.29) is 23.2 Å². The molecule has 1 saturated carbocycles. The highest BCUT2D eigenvalue weighted by atomic mass is 32.1. The molecule has 0 radical (unpaired) electrons. The molecule has 0 aromatic heterocycles. The van der Waals surface area contributed by atoms with E-state index in [1.807, 2.05) is 13.8 Å². The molecule has 0 aliphatic heterocycles. The Balaban J connectivity index is 2.27. The Labute approximate surface area is 119 Å². The van der Waals surface area contributed by atoms with Gasteiger partial charge >= 0.3 is 0 Å². The molecule has 19 heavy (non-hydrogen) atoms. The van der Waals surface area contributed by atoms with Gasteiger partial charge in [-0.3, -0.25) is 9.59 Å². The van der Waals surface area contributed by atoms with Crippen molar-refractivity contribution in [2.45, 2.75) is 39.5 Å². The molecule has 1 fully saturated rings. The van der Waals surface area contributed by atoms with Crippen LogP contribution in [0.5, 0.6) is 0 Å². The number of carbonyl (C=O) groups is 2. The van der Waals surface area contributed by atoms with Crippen molar-refractivity contribution in [3.8, 4) is 0 Å². The molecule has 5 nitrogen and oxygen atoms in total. The fourth-order valence-corrected chi connectivity index (χ4v) is 2.28. The van der Waals surface area contributed by atoms with Crippen LogP contribution in [-0.2, 0) is 9.59 Å². The molecule has 0 heterocycles. The van der Waals surface area contributed by atoms with Crippen LogP contribution in [0.3, 0.4) is 0 Å².